The van der Waals surface area contributed by atoms with Crippen LogP contribution in [0.1, 0.15) is 20.8 Å². The smallest absolute Gasteiger partial charge is 0.143 e. The lowest BCUT2D eigenvalue weighted by molar-refractivity contribution is 0.189. The van der Waals surface area contributed by atoms with Crippen molar-refractivity contribution in [3.05, 3.63) is 0 Å². The van der Waals surface area contributed by atoms with Gasteiger partial charge < -0.3 is 21.2 Å². The van der Waals surface area contributed by atoms with Crippen molar-refractivity contribution in [2.45, 2.75) is 26.3 Å². The number of oxime groups is 1. The Hall–Kier alpha value is -0.810. The molecule has 0 amide bonds. The second kappa shape index (κ2) is 5.92. The molecular formula is C10H24N4O. The normalized spacial score (nSPS) is 15.7. The number of hydrogen-bond donors (Lipinski definition) is 3. The van der Waals surface area contributed by atoms with Crippen LogP contribution in [0.3, 0.4) is 0 Å². The minimum atomic E-state index is 0.0490. The Morgan fingerprint density at radius 2 is 2.07 bits per heavy atom. The highest BCUT2D eigenvalue weighted by Gasteiger charge is 2.20. The fraction of sp³-hybridized carbons (Fsp3) is 0.900. The van der Waals surface area contributed by atoms with E-state index in [4.69, 9.17) is 10.9 Å². The van der Waals surface area contributed by atoms with Crippen LogP contribution in [0.2, 0.25) is 0 Å². The average Bonchev–Trinajstić information content (AvgIpc) is 2.15. The fourth-order valence-corrected chi connectivity index (χ4v) is 0.956. The van der Waals surface area contributed by atoms with Gasteiger partial charge >= 0.3 is 0 Å². The van der Waals surface area contributed by atoms with Crippen LogP contribution >= 0.6 is 0 Å². The van der Waals surface area contributed by atoms with Gasteiger partial charge in [-0.3, -0.25) is 0 Å². The SMILES string of the molecule is CC(CNCC(C)(C)N(C)C)C(N)=NO. The number of likely N-dealkylation sites (N-methyl/N-ethyl adjacent to an activating group) is 1. The molecule has 1 atom stereocenters. The van der Waals surface area contributed by atoms with Gasteiger partial charge in [0.25, 0.3) is 0 Å². The van der Waals surface area contributed by atoms with Crippen LogP contribution in [0.25, 0.3) is 0 Å². The molecule has 1 unspecified atom stereocenters. The molecule has 15 heavy (non-hydrogen) atoms. The van der Waals surface area contributed by atoms with Crippen LogP contribution < -0.4 is 11.1 Å². The summed E-state index contributed by atoms with van der Waals surface area (Å²) in [6.45, 7) is 7.82. The second-order valence-electron chi connectivity index (χ2n) is 4.76. The molecule has 0 aliphatic carbocycles. The number of hydrogen-bond acceptors (Lipinski definition) is 4. The maximum atomic E-state index is 8.48. The van der Waals surface area contributed by atoms with E-state index in [0.29, 0.717) is 6.54 Å². The molecule has 0 rings (SSSR count). The van der Waals surface area contributed by atoms with Crippen molar-refractivity contribution in [2.24, 2.45) is 16.8 Å². The Bertz CT molecular complexity index is 213. The quantitative estimate of drug-likeness (QED) is 0.258. The van der Waals surface area contributed by atoms with E-state index in [0.717, 1.165) is 6.54 Å². The van der Waals surface area contributed by atoms with Gasteiger partial charge in [-0.15, -0.1) is 0 Å². The molecule has 0 spiro atoms. The van der Waals surface area contributed by atoms with Gasteiger partial charge in [0.1, 0.15) is 5.84 Å². The van der Waals surface area contributed by atoms with Crippen molar-refractivity contribution in [1.29, 1.82) is 0 Å². The lowest BCUT2D eigenvalue weighted by Crippen LogP contribution is -2.48. The zero-order valence-electron chi connectivity index (χ0n) is 10.4. The van der Waals surface area contributed by atoms with Gasteiger partial charge in [-0.05, 0) is 27.9 Å². The van der Waals surface area contributed by atoms with Crippen LogP contribution in [0.5, 0.6) is 0 Å². The van der Waals surface area contributed by atoms with Crippen LogP contribution in [-0.4, -0.2) is 48.7 Å². The highest BCUT2D eigenvalue weighted by Crippen LogP contribution is 2.07. The first-order chi connectivity index (χ1) is 6.81. The molecule has 0 saturated carbocycles. The van der Waals surface area contributed by atoms with Gasteiger partial charge in [0.2, 0.25) is 0 Å². The van der Waals surface area contributed by atoms with E-state index in [-0.39, 0.29) is 17.3 Å². The minimum Gasteiger partial charge on any atom is -0.409 e. The van der Waals surface area contributed by atoms with E-state index in [1.54, 1.807) is 0 Å². The van der Waals surface area contributed by atoms with Gasteiger partial charge in [-0.2, -0.15) is 0 Å². The van der Waals surface area contributed by atoms with Crippen LogP contribution in [0, 0.1) is 5.92 Å². The Morgan fingerprint density at radius 3 is 2.47 bits per heavy atom. The average molecular weight is 216 g/mol. The Morgan fingerprint density at radius 1 is 1.53 bits per heavy atom. The molecule has 0 aliphatic rings. The zero-order valence-corrected chi connectivity index (χ0v) is 10.4. The van der Waals surface area contributed by atoms with E-state index in [1.807, 2.05) is 6.92 Å². The van der Waals surface area contributed by atoms with Gasteiger partial charge in [0.05, 0.1) is 0 Å². The molecule has 5 nitrogen and oxygen atoms in total. The van der Waals surface area contributed by atoms with Crippen molar-refractivity contribution >= 4 is 5.84 Å². The van der Waals surface area contributed by atoms with Crippen molar-refractivity contribution < 1.29 is 5.21 Å². The van der Waals surface area contributed by atoms with Crippen molar-refractivity contribution in [3.8, 4) is 0 Å². The summed E-state index contributed by atoms with van der Waals surface area (Å²) < 4.78 is 0. The van der Waals surface area contributed by atoms with Crippen LogP contribution in [-0.2, 0) is 0 Å². The topological polar surface area (TPSA) is 73.9 Å². The highest BCUT2D eigenvalue weighted by atomic mass is 16.4. The Kier molecular flexibility index (Phi) is 5.60. The summed E-state index contributed by atoms with van der Waals surface area (Å²) in [5.74, 6) is 0.318. The van der Waals surface area contributed by atoms with E-state index < -0.39 is 0 Å². The summed E-state index contributed by atoms with van der Waals surface area (Å²) in [7, 11) is 4.10. The fourth-order valence-electron chi connectivity index (χ4n) is 0.956. The van der Waals surface area contributed by atoms with Crippen molar-refractivity contribution in [1.82, 2.24) is 10.2 Å². The molecule has 0 aromatic heterocycles. The predicted molar refractivity (Wildman–Crippen MR) is 63.2 cm³/mol. The van der Waals surface area contributed by atoms with E-state index >= 15 is 0 Å². The summed E-state index contributed by atoms with van der Waals surface area (Å²) in [6.07, 6.45) is 0. The Balaban J connectivity index is 3.90. The maximum Gasteiger partial charge on any atom is 0.143 e. The summed E-state index contributed by atoms with van der Waals surface area (Å²) in [6, 6.07) is 0. The van der Waals surface area contributed by atoms with E-state index in [1.165, 1.54) is 0 Å². The summed E-state index contributed by atoms with van der Waals surface area (Å²) in [5, 5.41) is 14.8. The third-order valence-electron chi connectivity index (χ3n) is 2.84. The summed E-state index contributed by atoms with van der Waals surface area (Å²) >= 11 is 0. The van der Waals surface area contributed by atoms with Crippen molar-refractivity contribution in [3.63, 3.8) is 0 Å². The number of nitrogens with two attached hydrogens (primary N) is 1. The van der Waals surface area contributed by atoms with Crippen molar-refractivity contribution in [2.75, 3.05) is 27.2 Å². The number of nitrogens with zero attached hydrogens (tertiary/aromatic N) is 2. The van der Waals surface area contributed by atoms with E-state index in [9.17, 15) is 0 Å². The standard InChI is InChI=1S/C10H24N4O/c1-8(9(11)13-15)6-12-7-10(2,3)14(4)5/h8,12,15H,6-7H2,1-5H3,(H2,11,13). The largest absolute Gasteiger partial charge is 0.409 e. The molecule has 0 saturated heterocycles. The Labute approximate surface area is 92.3 Å². The third kappa shape index (κ3) is 4.99. The predicted octanol–water partition coefficient (Wildman–Crippen LogP) is 0.299. The summed E-state index contributed by atoms with van der Waals surface area (Å²) in [5.41, 5.74) is 5.58. The first kappa shape index (κ1) is 14.2. The zero-order chi connectivity index (χ0) is 12.1. The van der Waals surface area contributed by atoms with Gasteiger partial charge in [-0.25, -0.2) is 0 Å². The third-order valence-corrected chi connectivity index (χ3v) is 2.84. The number of amidine groups is 1. The molecule has 90 valence electrons. The maximum absolute atomic E-state index is 8.48. The molecule has 0 aromatic carbocycles. The van der Waals surface area contributed by atoms with Gasteiger partial charge in [-0.1, -0.05) is 12.1 Å². The minimum absolute atomic E-state index is 0.0490. The molecule has 0 aliphatic heterocycles. The van der Waals surface area contributed by atoms with Crippen LogP contribution in [0.4, 0.5) is 0 Å². The molecule has 0 bridgehead atoms. The lowest BCUT2D eigenvalue weighted by atomic mass is 10.0. The van der Waals surface area contributed by atoms with E-state index in [2.05, 4.69) is 43.3 Å². The summed E-state index contributed by atoms with van der Waals surface area (Å²) in [4.78, 5) is 2.16. The highest BCUT2D eigenvalue weighted by molar-refractivity contribution is 5.82. The van der Waals surface area contributed by atoms with Gasteiger partial charge in [0.15, 0.2) is 0 Å². The first-order valence-corrected chi connectivity index (χ1v) is 5.17. The molecular weight excluding hydrogens is 192 g/mol. The van der Waals surface area contributed by atoms with Crippen LogP contribution in [0.15, 0.2) is 5.16 Å². The first-order valence-electron chi connectivity index (χ1n) is 5.17. The molecule has 0 heterocycles. The molecule has 5 heteroatoms. The number of rotatable bonds is 6. The molecule has 0 fully saturated rings. The number of nitrogens with one attached hydrogen (secondary N) is 1. The van der Waals surface area contributed by atoms with Gasteiger partial charge in [0, 0.05) is 24.5 Å². The molecule has 0 aromatic rings. The molecule has 0 radical (unpaired) electrons. The lowest BCUT2D eigenvalue weighted by Gasteiger charge is -2.33. The second-order valence-corrected chi connectivity index (χ2v) is 4.76. The molecule has 4 N–H and O–H groups in total. The monoisotopic (exact) mass is 216 g/mol.